The maximum absolute atomic E-state index is 12.0. The molecule has 0 unspecified atom stereocenters. The maximum atomic E-state index is 12.0. The van der Waals surface area contributed by atoms with Crippen LogP contribution in [0.15, 0.2) is 53.4 Å². The van der Waals surface area contributed by atoms with Crippen molar-refractivity contribution >= 4 is 21.7 Å². The molecule has 0 saturated carbocycles. The van der Waals surface area contributed by atoms with Crippen LogP contribution in [-0.4, -0.2) is 21.0 Å². The second-order valence-corrected chi connectivity index (χ2v) is 6.85. The quantitative estimate of drug-likeness (QED) is 0.726. The molecule has 2 aromatic rings. The number of anilines is 1. The number of aryl methyl sites for hydroxylation is 1. The molecule has 0 aliphatic carbocycles. The standard InChI is InChI=1S/C16H19N3O3S/c1-12-2-8-15(9-3-12)23(21,22)19-16(20)18-11-10-13-4-6-14(17)7-5-13/h2-9H,10-11,17H2,1H3,(H2,18,19,20). The van der Waals surface area contributed by atoms with Crippen molar-refractivity contribution in [2.45, 2.75) is 18.2 Å². The lowest BCUT2D eigenvalue weighted by Gasteiger charge is -2.09. The maximum Gasteiger partial charge on any atom is 0.328 e. The Hall–Kier alpha value is -2.54. The summed E-state index contributed by atoms with van der Waals surface area (Å²) in [6.45, 7) is 2.17. The molecular formula is C16H19N3O3S. The van der Waals surface area contributed by atoms with Gasteiger partial charge in [-0.05, 0) is 43.2 Å². The van der Waals surface area contributed by atoms with Crippen molar-refractivity contribution in [1.82, 2.24) is 10.0 Å². The van der Waals surface area contributed by atoms with Crippen molar-refractivity contribution in [1.29, 1.82) is 0 Å². The molecule has 2 aromatic carbocycles. The summed E-state index contributed by atoms with van der Waals surface area (Å²) in [6.07, 6.45) is 0.582. The van der Waals surface area contributed by atoms with E-state index in [-0.39, 0.29) is 4.90 Å². The van der Waals surface area contributed by atoms with Gasteiger partial charge in [0.1, 0.15) is 0 Å². The number of amides is 2. The van der Waals surface area contributed by atoms with Crippen LogP contribution in [0.3, 0.4) is 0 Å². The van der Waals surface area contributed by atoms with E-state index in [0.29, 0.717) is 18.7 Å². The molecule has 2 amide bonds. The summed E-state index contributed by atoms with van der Waals surface area (Å²) in [5.41, 5.74) is 8.20. The fraction of sp³-hybridized carbons (Fsp3) is 0.188. The number of sulfonamides is 1. The summed E-state index contributed by atoms with van der Waals surface area (Å²) in [6, 6.07) is 12.8. The van der Waals surface area contributed by atoms with Gasteiger partial charge < -0.3 is 11.1 Å². The Morgan fingerprint density at radius 1 is 1.04 bits per heavy atom. The van der Waals surface area contributed by atoms with E-state index in [1.54, 1.807) is 24.3 Å². The molecule has 0 aliphatic rings. The van der Waals surface area contributed by atoms with Gasteiger partial charge in [-0.25, -0.2) is 17.9 Å². The van der Waals surface area contributed by atoms with Crippen LogP contribution in [0.4, 0.5) is 10.5 Å². The second-order valence-electron chi connectivity index (χ2n) is 5.17. The third-order valence-electron chi connectivity index (χ3n) is 3.24. The van der Waals surface area contributed by atoms with Gasteiger partial charge in [-0.15, -0.1) is 0 Å². The third kappa shape index (κ3) is 5.00. The predicted molar refractivity (Wildman–Crippen MR) is 89.5 cm³/mol. The van der Waals surface area contributed by atoms with Gasteiger partial charge in [0.05, 0.1) is 4.90 Å². The van der Waals surface area contributed by atoms with Gasteiger partial charge in [0.25, 0.3) is 10.0 Å². The van der Waals surface area contributed by atoms with Gasteiger partial charge in [-0.1, -0.05) is 29.8 Å². The van der Waals surface area contributed by atoms with E-state index in [9.17, 15) is 13.2 Å². The molecule has 0 heterocycles. The zero-order valence-electron chi connectivity index (χ0n) is 12.7. The molecular weight excluding hydrogens is 314 g/mol. The van der Waals surface area contributed by atoms with Crippen molar-refractivity contribution in [2.24, 2.45) is 0 Å². The average Bonchev–Trinajstić information content (AvgIpc) is 2.49. The molecule has 0 bridgehead atoms. The molecule has 2 rings (SSSR count). The van der Waals surface area contributed by atoms with Gasteiger partial charge in [0, 0.05) is 12.2 Å². The van der Waals surface area contributed by atoms with E-state index in [1.165, 1.54) is 12.1 Å². The molecule has 122 valence electrons. The summed E-state index contributed by atoms with van der Waals surface area (Å²) in [5.74, 6) is 0. The van der Waals surface area contributed by atoms with E-state index in [0.717, 1.165) is 11.1 Å². The van der Waals surface area contributed by atoms with Crippen LogP contribution in [0.5, 0.6) is 0 Å². The number of hydrogen-bond donors (Lipinski definition) is 3. The topological polar surface area (TPSA) is 101 Å². The number of benzene rings is 2. The first-order valence-corrected chi connectivity index (χ1v) is 8.57. The van der Waals surface area contributed by atoms with Crippen LogP contribution in [0.2, 0.25) is 0 Å². The minimum atomic E-state index is -3.86. The van der Waals surface area contributed by atoms with Crippen LogP contribution in [-0.2, 0) is 16.4 Å². The van der Waals surface area contributed by atoms with Crippen molar-refractivity contribution in [3.63, 3.8) is 0 Å². The van der Waals surface area contributed by atoms with Crippen LogP contribution in [0, 0.1) is 6.92 Å². The Balaban J connectivity index is 1.86. The minimum absolute atomic E-state index is 0.0526. The van der Waals surface area contributed by atoms with Crippen LogP contribution in [0.1, 0.15) is 11.1 Å². The summed E-state index contributed by atoms with van der Waals surface area (Å²) < 4.78 is 26.1. The normalized spacial score (nSPS) is 11.0. The zero-order chi connectivity index (χ0) is 16.9. The molecule has 4 N–H and O–H groups in total. The average molecular weight is 333 g/mol. The molecule has 0 fully saturated rings. The molecule has 0 atom stereocenters. The monoisotopic (exact) mass is 333 g/mol. The van der Waals surface area contributed by atoms with Gasteiger partial charge in [-0.3, -0.25) is 0 Å². The van der Waals surface area contributed by atoms with Crippen molar-refractivity contribution in [3.05, 3.63) is 59.7 Å². The van der Waals surface area contributed by atoms with E-state index in [2.05, 4.69) is 5.32 Å². The summed E-state index contributed by atoms with van der Waals surface area (Å²) in [5, 5.41) is 2.52. The van der Waals surface area contributed by atoms with Gasteiger partial charge >= 0.3 is 6.03 Å². The molecule has 23 heavy (non-hydrogen) atoms. The third-order valence-corrected chi connectivity index (χ3v) is 4.58. The van der Waals surface area contributed by atoms with Crippen LogP contribution in [0.25, 0.3) is 0 Å². The Morgan fingerprint density at radius 3 is 2.26 bits per heavy atom. The van der Waals surface area contributed by atoms with Gasteiger partial charge in [-0.2, -0.15) is 0 Å². The smallest absolute Gasteiger partial charge is 0.328 e. The fourth-order valence-electron chi connectivity index (χ4n) is 1.94. The molecule has 6 nitrogen and oxygen atoms in total. The highest BCUT2D eigenvalue weighted by atomic mass is 32.2. The zero-order valence-corrected chi connectivity index (χ0v) is 13.6. The van der Waals surface area contributed by atoms with Gasteiger partial charge in [0.15, 0.2) is 0 Å². The van der Waals surface area contributed by atoms with E-state index < -0.39 is 16.1 Å². The van der Waals surface area contributed by atoms with Crippen LogP contribution < -0.4 is 15.8 Å². The highest BCUT2D eigenvalue weighted by molar-refractivity contribution is 7.90. The fourth-order valence-corrected chi connectivity index (χ4v) is 2.87. The number of nitrogen functional groups attached to an aromatic ring is 1. The highest BCUT2D eigenvalue weighted by Crippen LogP contribution is 2.09. The molecule has 0 radical (unpaired) electrons. The molecule has 0 aromatic heterocycles. The molecule has 0 aliphatic heterocycles. The number of rotatable bonds is 5. The predicted octanol–water partition coefficient (Wildman–Crippen LogP) is 1.81. The van der Waals surface area contributed by atoms with Gasteiger partial charge in [0.2, 0.25) is 0 Å². The summed E-state index contributed by atoms with van der Waals surface area (Å²) in [7, 11) is -3.86. The minimum Gasteiger partial charge on any atom is -0.399 e. The first kappa shape index (κ1) is 16.8. The Kier molecular flexibility index (Phi) is 5.23. The number of hydrogen-bond acceptors (Lipinski definition) is 4. The lowest BCUT2D eigenvalue weighted by molar-refractivity contribution is 0.246. The summed E-state index contributed by atoms with van der Waals surface area (Å²) in [4.78, 5) is 11.8. The number of nitrogens with two attached hydrogens (primary N) is 1. The highest BCUT2D eigenvalue weighted by Gasteiger charge is 2.16. The molecule has 0 saturated heterocycles. The lowest BCUT2D eigenvalue weighted by atomic mass is 10.1. The number of carbonyl (C=O) groups is 1. The van der Waals surface area contributed by atoms with E-state index in [1.807, 2.05) is 23.8 Å². The number of carbonyl (C=O) groups excluding carboxylic acids is 1. The Bertz CT molecular complexity index is 769. The van der Waals surface area contributed by atoms with Crippen molar-refractivity contribution in [2.75, 3.05) is 12.3 Å². The molecule has 0 spiro atoms. The number of nitrogens with one attached hydrogen (secondary N) is 2. The second kappa shape index (κ2) is 7.15. The Morgan fingerprint density at radius 2 is 1.65 bits per heavy atom. The van der Waals surface area contributed by atoms with Crippen LogP contribution >= 0.6 is 0 Å². The number of urea groups is 1. The van der Waals surface area contributed by atoms with E-state index in [4.69, 9.17) is 5.73 Å². The SMILES string of the molecule is Cc1ccc(S(=O)(=O)NC(=O)NCCc2ccc(N)cc2)cc1. The van der Waals surface area contributed by atoms with Crippen molar-refractivity contribution in [3.8, 4) is 0 Å². The lowest BCUT2D eigenvalue weighted by Crippen LogP contribution is -2.40. The first-order chi connectivity index (χ1) is 10.9. The largest absolute Gasteiger partial charge is 0.399 e. The van der Waals surface area contributed by atoms with Crippen molar-refractivity contribution < 1.29 is 13.2 Å². The summed E-state index contributed by atoms with van der Waals surface area (Å²) >= 11 is 0. The molecule has 7 heteroatoms. The first-order valence-electron chi connectivity index (χ1n) is 7.08. The Labute approximate surface area is 135 Å². The van der Waals surface area contributed by atoms with E-state index >= 15 is 0 Å².